The molecule has 0 saturated carbocycles. The van der Waals surface area contributed by atoms with Crippen molar-refractivity contribution >= 4 is 43.2 Å². The van der Waals surface area contributed by atoms with Crippen LogP contribution in [0.4, 0.5) is 11.4 Å². The van der Waals surface area contributed by atoms with E-state index in [-0.39, 0.29) is 10.8 Å². The van der Waals surface area contributed by atoms with E-state index < -0.39 is 10.0 Å². The minimum Gasteiger partial charge on any atom is -0.497 e. The van der Waals surface area contributed by atoms with Gasteiger partial charge in [0.15, 0.2) is 0 Å². The fraction of sp³-hybridized carbons (Fsp3) is 0.0500. The van der Waals surface area contributed by atoms with Gasteiger partial charge in [-0.1, -0.05) is 12.1 Å². The Bertz CT molecular complexity index is 1080. The zero-order chi connectivity index (χ0) is 20.1. The molecule has 3 rings (SSSR count). The number of amides is 1. The SMILES string of the molecule is COc1ccc(NS(=O)(=O)c2ccc(NC(=O)c3ccccc3Br)cc2)cc1. The molecule has 0 atom stereocenters. The molecule has 8 heteroatoms. The van der Waals surface area contributed by atoms with E-state index in [1.165, 1.54) is 31.4 Å². The van der Waals surface area contributed by atoms with Crippen LogP contribution < -0.4 is 14.8 Å². The first-order chi connectivity index (χ1) is 13.4. The number of anilines is 2. The highest BCUT2D eigenvalue weighted by molar-refractivity contribution is 9.10. The third-order valence-corrected chi connectivity index (χ3v) is 5.97. The standard InChI is InChI=1S/C20H17BrN2O4S/c1-27-16-10-6-15(7-11-16)23-28(25,26)17-12-8-14(9-13-17)22-20(24)18-4-2-3-5-19(18)21/h2-13,23H,1H3,(H,22,24). The molecule has 144 valence electrons. The average Bonchev–Trinajstić information content (AvgIpc) is 2.69. The van der Waals surface area contributed by atoms with Crippen molar-refractivity contribution in [2.24, 2.45) is 0 Å². The second-order valence-electron chi connectivity index (χ2n) is 5.79. The molecule has 0 bridgehead atoms. The molecule has 0 aromatic heterocycles. The van der Waals surface area contributed by atoms with Gasteiger partial charge < -0.3 is 10.1 Å². The van der Waals surface area contributed by atoms with Crippen LogP contribution in [0.2, 0.25) is 0 Å². The predicted octanol–water partition coefficient (Wildman–Crippen LogP) is 4.51. The van der Waals surface area contributed by atoms with Gasteiger partial charge in [0, 0.05) is 15.8 Å². The van der Waals surface area contributed by atoms with Crippen molar-refractivity contribution in [1.82, 2.24) is 0 Å². The van der Waals surface area contributed by atoms with Crippen LogP contribution in [-0.4, -0.2) is 21.4 Å². The summed E-state index contributed by atoms with van der Waals surface area (Å²) in [6.07, 6.45) is 0. The molecule has 0 heterocycles. The highest BCUT2D eigenvalue weighted by atomic mass is 79.9. The smallest absolute Gasteiger partial charge is 0.261 e. The van der Waals surface area contributed by atoms with Crippen LogP contribution in [0.15, 0.2) is 82.2 Å². The number of benzene rings is 3. The Hall–Kier alpha value is -2.84. The van der Waals surface area contributed by atoms with Crippen molar-refractivity contribution in [3.8, 4) is 5.75 Å². The first-order valence-corrected chi connectivity index (χ1v) is 10.5. The zero-order valence-electron chi connectivity index (χ0n) is 14.8. The van der Waals surface area contributed by atoms with Gasteiger partial charge in [0.1, 0.15) is 5.75 Å². The van der Waals surface area contributed by atoms with Crippen LogP contribution in [0.5, 0.6) is 5.75 Å². The highest BCUT2D eigenvalue weighted by Gasteiger charge is 2.15. The second kappa shape index (κ2) is 8.45. The summed E-state index contributed by atoms with van der Waals surface area (Å²) in [7, 11) is -2.21. The Morgan fingerprint density at radius 2 is 1.50 bits per heavy atom. The molecule has 2 N–H and O–H groups in total. The molecular formula is C20H17BrN2O4S. The largest absolute Gasteiger partial charge is 0.497 e. The first-order valence-electron chi connectivity index (χ1n) is 8.22. The number of sulfonamides is 1. The number of halogens is 1. The van der Waals surface area contributed by atoms with Crippen LogP contribution in [0.1, 0.15) is 10.4 Å². The first kappa shape index (κ1) is 19.9. The van der Waals surface area contributed by atoms with Gasteiger partial charge in [-0.2, -0.15) is 0 Å². The fourth-order valence-electron chi connectivity index (χ4n) is 2.43. The summed E-state index contributed by atoms with van der Waals surface area (Å²) in [5.74, 6) is 0.340. The van der Waals surface area contributed by atoms with Crippen molar-refractivity contribution in [1.29, 1.82) is 0 Å². The third kappa shape index (κ3) is 4.71. The molecule has 1 amide bonds. The number of methoxy groups -OCH3 is 1. The lowest BCUT2D eigenvalue weighted by atomic mass is 10.2. The molecule has 0 aliphatic carbocycles. The molecule has 28 heavy (non-hydrogen) atoms. The molecule has 0 aliphatic rings. The fourth-order valence-corrected chi connectivity index (χ4v) is 3.96. The van der Waals surface area contributed by atoms with Crippen LogP contribution in [-0.2, 0) is 10.0 Å². The van der Waals surface area contributed by atoms with E-state index >= 15 is 0 Å². The average molecular weight is 461 g/mol. The number of carbonyl (C=O) groups is 1. The third-order valence-electron chi connectivity index (χ3n) is 3.88. The van der Waals surface area contributed by atoms with Gasteiger partial charge in [0.05, 0.1) is 17.6 Å². The maximum Gasteiger partial charge on any atom is 0.261 e. The van der Waals surface area contributed by atoms with Gasteiger partial charge in [-0.15, -0.1) is 0 Å². The summed E-state index contributed by atoms with van der Waals surface area (Å²) in [5, 5.41) is 2.74. The number of ether oxygens (including phenoxy) is 1. The molecule has 0 spiro atoms. The predicted molar refractivity (Wildman–Crippen MR) is 112 cm³/mol. The number of carbonyl (C=O) groups excluding carboxylic acids is 1. The maximum atomic E-state index is 12.5. The number of rotatable bonds is 6. The summed E-state index contributed by atoms with van der Waals surface area (Å²) >= 11 is 3.33. The Morgan fingerprint density at radius 1 is 0.893 bits per heavy atom. The molecule has 0 fully saturated rings. The lowest BCUT2D eigenvalue weighted by Gasteiger charge is -2.10. The van der Waals surface area contributed by atoms with Gasteiger partial charge in [0.2, 0.25) is 0 Å². The van der Waals surface area contributed by atoms with E-state index in [9.17, 15) is 13.2 Å². The Morgan fingerprint density at radius 3 is 2.11 bits per heavy atom. The minimum atomic E-state index is -3.75. The second-order valence-corrected chi connectivity index (χ2v) is 8.33. The van der Waals surface area contributed by atoms with Gasteiger partial charge in [0.25, 0.3) is 15.9 Å². The number of hydrogen-bond acceptors (Lipinski definition) is 4. The monoisotopic (exact) mass is 460 g/mol. The topological polar surface area (TPSA) is 84.5 Å². The Labute approximate surface area is 171 Å². The van der Waals surface area contributed by atoms with Crippen molar-refractivity contribution in [2.45, 2.75) is 4.90 Å². The molecular weight excluding hydrogens is 444 g/mol. The van der Waals surface area contributed by atoms with Crippen LogP contribution in [0.25, 0.3) is 0 Å². The minimum absolute atomic E-state index is 0.0854. The summed E-state index contributed by atoms with van der Waals surface area (Å²) in [6, 6.07) is 19.5. The lowest BCUT2D eigenvalue weighted by molar-refractivity contribution is 0.102. The normalized spacial score (nSPS) is 10.9. The summed E-state index contributed by atoms with van der Waals surface area (Å²) in [4.78, 5) is 12.4. The molecule has 0 unspecified atom stereocenters. The van der Waals surface area contributed by atoms with Gasteiger partial charge >= 0.3 is 0 Å². The van der Waals surface area contributed by atoms with E-state index in [0.717, 1.165) is 0 Å². The van der Waals surface area contributed by atoms with E-state index in [2.05, 4.69) is 26.0 Å². The molecule has 3 aromatic carbocycles. The van der Waals surface area contributed by atoms with E-state index in [0.29, 0.717) is 27.2 Å². The number of nitrogens with one attached hydrogen (secondary N) is 2. The molecule has 0 saturated heterocycles. The van der Waals surface area contributed by atoms with Gasteiger partial charge in [-0.05, 0) is 76.6 Å². The van der Waals surface area contributed by atoms with Crippen LogP contribution >= 0.6 is 15.9 Å². The number of hydrogen-bond donors (Lipinski definition) is 2. The van der Waals surface area contributed by atoms with Crippen molar-refractivity contribution in [3.63, 3.8) is 0 Å². The highest BCUT2D eigenvalue weighted by Crippen LogP contribution is 2.22. The summed E-state index contributed by atoms with van der Waals surface area (Å²) < 4.78 is 33.3. The quantitative estimate of drug-likeness (QED) is 0.566. The van der Waals surface area contributed by atoms with E-state index in [1.807, 2.05) is 6.07 Å². The van der Waals surface area contributed by atoms with Gasteiger partial charge in [-0.3, -0.25) is 9.52 Å². The van der Waals surface area contributed by atoms with Crippen LogP contribution in [0.3, 0.4) is 0 Å². The van der Waals surface area contributed by atoms with E-state index in [4.69, 9.17) is 4.74 Å². The Kier molecular flexibility index (Phi) is 6.01. The molecule has 6 nitrogen and oxygen atoms in total. The lowest BCUT2D eigenvalue weighted by Crippen LogP contribution is -2.14. The maximum absolute atomic E-state index is 12.5. The summed E-state index contributed by atoms with van der Waals surface area (Å²) in [6.45, 7) is 0. The van der Waals surface area contributed by atoms with Crippen molar-refractivity contribution < 1.29 is 17.9 Å². The molecule has 0 aliphatic heterocycles. The zero-order valence-corrected chi connectivity index (χ0v) is 17.2. The molecule has 0 radical (unpaired) electrons. The van der Waals surface area contributed by atoms with Crippen LogP contribution in [0, 0.1) is 0 Å². The Balaban J connectivity index is 1.72. The van der Waals surface area contributed by atoms with Gasteiger partial charge in [-0.25, -0.2) is 8.42 Å². The van der Waals surface area contributed by atoms with Crippen molar-refractivity contribution in [3.05, 3.63) is 82.8 Å². The van der Waals surface area contributed by atoms with Crippen molar-refractivity contribution in [2.75, 3.05) is 17.1 Å². The van der Waals surface area contributed by atoms with E-state index in [1.54, 1.807) is 42.5 Å². The molecule has 3 aromatic rings. The summed E-state index contributed by atoms with van der Waals surface area (Å²) in [5.41, 5.74) is 1.40.